The summed E-state index contributed by atoms with van der Waals surface area (Å²) in [4.78, 5) is 12.9. The first-order valence-electron chi connectivity index (χ1n) is 18.8. The van der Waals surface area contributed by atoms with Gasteiger partial charge in [0.15, 0.2) is 5.58 Å². The lowest BCUT2D eigenvalue weighted by molar-refractivity contribution is 0.666. The van der Waals surface area contributed by atoms with Crippen molar-refractivity contribution in [3.8, 4) is 17.2 Å². The van der Waals surface area contributed by atoms with Gasteiger partial charge in [0.2, 0.25) is 5.95 Å². The van der Waals surface area contributed by atoms with Crippen LogP contribution in [0.15, 0.2) is 191 Å². The van der Waals surface area contributed by atoms with Gasteiger partial charge >= 0.3 is 0 Å². The third-order valence-corrected chi connectivity index (χ3v) is 11.0. The summed E-state index contributed by atoms with van der Waals surface area (Å²) < 4.78 is 15.7. The summed E-state index contributed by atoms with van der Waals surface area (Å²) in [6.45, 7) is 0. The van der Waals surface area contributed by atoms with Crippen LogP contribution in [0.1, 0.15) is 0 Å². The first-order valence-corrected chi connectivity index (χ1v) is 18.8. The van der Waals surface area contributed by atoms with Gasteiger partial charge in [-0.2, -0.15) is 0 Å². The predicted molar refractivity (Wildman–Crippen MR) is 229 cm³/mol. The van der Waals surface area contributed by atoms with Crippen molar-refractivity contribution in [2.45, 2.75) is 0 Å². The third kappa shape index (κ3) is 4.44. The fourth-order valence-electron chi connectivity index (χ4n) is 8.54. The van der Waals surface area contributed by atoms with E-state index in [1.54, 1.807) is 0 Å². The second-order valence-electron chi connectivity index (χ2n) is 14.1. The van der Waals surface area contributed by atoms with Crippen LogP contribution < -0.4 is 4.90 Å². The maximum atomic E-state index is 7.10. The molecule has 56 heavy (non-hydrogen) atoms. The Hall–Kier alpha value is -7.70. The summed E-state index contributed by atoms with van der Waals surface area (Å²) in [7, 11) is 0. The SMILES string of the molecule is c1ccc(-c2nc(-n3c4ccccc4c4c5oc6c7ccccc7c(N(c7ccccc7)c7ccccc7)cc6c5ccc43)nc3c2oc2ccccc23)cc1. The number of nitrogens with zero attached hydrogens (tertiary/aromatic N) is 4. The van der Waals surface area contributed by atoms with Crippen molar-refractivity contribution in [3.63, 3.8) is 0 Å². The molecule has 6 heteroatoms. The summed E-state index contributed by atoms with van der Waals surface area (Å²) in [5.41, 5.74) is 10.8. The fraction of sp³-hybridized carbons (Fsp3) is 0. The number of furan rings is 2. The minimum absolute atomic E-state index is 0.568. The molecule has 0 aliphatic rings. The third-order valence-electron chi connectivity index (χ3n) is 11.0. The molecule has 0 amide bonds. The van der Waals surface area contributed by atoms with E-state index in [1.165, 1.54) is 0 Å². The van der Waals surface area contributed by atoms with Crippen molar-refractivity contribution in [1.29, 1.82) is 0 Å². The van der Waals surface area contributed by atoms with E-state index in [4.69, 9.17) is 18.8 Å². The number of hydrogen-bond acceptors (Lipinski definition) is 5. The maximum Gasteiger partial charge on any atom is 0.236 e. The second-order valence-corrected chi connectivity index (χ2v) is 14.1. The minimum atomic E-state index is 0.568. The molecule has 0 fully saturated rings. The van der Waals surface area contributed by atoms with Crippen LogP contribution in [-0.2, 0) is 0 Å². The van der Waals surface area contributed by atoms with Gasteiger partial charge in [-0.1, -0.05) is 121 Å². The molecule has 0 atom stereocenters. The van der Waals surface area contributed by atoms with Crippen molar-refractivity contribution < 1.29 is 8.83 Å². The van der Waals surface area contributed by atoms with Gasteiger partial charge in [0.25, 0.3) is 0 Å². The smallest absolute Gasteiger partial charge is 0.236 e. The lowest BCUT2D eigenvalue weighted by Gasteiger charge is -2.27. The summed E-state index contributed by atoms with van der Waals surface area (Å²) >= 11 is 0. The van der Waals surface area contributed by atoms with Gasteiger partial charge in [-0.05, 0) is 60.7 Å². The molecule has 0 saturated heterocycles. The fourth-order valence-corrected chi connectivity index (χ4v) is 8.54. The monoisotopic (exact) mass is 718 g/mol. The van der Waals surface area contributed by atoms with E-state index in [1.807, 2.05) is 36.4 Å². The number of benzene rings is 8. The van der Waals surface area contributed by atoms with Crippen LogP contribution in [0.5, 0.6) is 0 Å². The van der Waals surface area contributed by atoms with Crippen LogP contribution in [0.2, 0.25) is 0 Å². The number of hydrogen-bond donors (Lipinski definition) is 0. The summed E-state index contributed by atoms with van der Waals surface area (Å²) in [6, 6.07) is 63.0. The van der Waals surface area contributed by atoms with E-state index in [0.29, 0.717) is 11.5 Å². The van der Waals surface area contributed by atoms with Gasteiger partial charge in [-0.25, -0.2) is 9.97 Å². The van der Waals surface area contributed by atoms with Gasteiger partial charge < -0.3 is 13.7 Å². The van der Waals surface area contributed by atoms with Gasteiger partial charge in [0.1, 0.15) is 28.0 Å². The Labute approximate surface area is 320 Å². The van der Waals surface area contributed by atoms with Crippen molar-refractivity contribution in [2.75, 3.05) is 4.90 Å². The van der Waals surface area contributed by atoms with Gasteiger partial charge in [-0.3, -0.25) is 4.57 Å². The molecule has 262 valence electrons. The number of fused-ring (bicyclic) bond motifs is 12. The van der Waals surface area contributed by atoms with E-state index in [9.17, 15) is 0 Å². The zero-order valence-corrected chi connectivity index (χ0v) is 29.9. The first-order chi connectivity index (χ1) is 27.8. The maximum absolute atomic E-state index is 7.10. The highest BCUT2D eigenvalue weighted by Gasteiger charge is 2.25. The van der Waals surface area contributed by atoms with E-state index in [-0.39, 0.29) is 0 Å². The molecule has 8 aromatic carbocycles. The van der Waals surface area contributed by atoms with E-state index < -0.39 is 0 Å². The predicted octanol–water partition coefficient (Wildman–Crippen LogP) is 13.7. The van der Waals surface area contributed by atoms with Gasteiger partial charge in [0, 0.05) is 49.3 Å². The molecule has 0 saturated carbocycles. The second kappa shape index (κ2) is 11.9. The van der Waals surface area contributed by atoms with Crippen molar-refractivity contribution >= 4 is 93.6 Å². The Balaban J connectivity index is 1.17. The van der Waals surface area contributed by atoms with E-state index >= 15 is 0 Å². The Morgan fingerprint density at radius 2 is 1.04 bits per heavy atom. The molecule has 0 bridgehead atoms. The molecule has 0 N–H and O–H groups in total. The average Bonchev–Trinajstić information content (AvgIpc) is 3.94. The first kappa shape index (κ1) is 30.7. The van der Waals surface area contributed by atoms with Gasteiger partial charge in [-0.15, -0.1) is 0 Å². The highest BCUT2D eigenvalue weighted by Crippen LogP contribution is 2.47. The van der Waals surface area contributed by atoms with Crippen molar-refractivity contribution in [3.05, 3.63) is 182 Å². The number of rotatable bonds is 5. The zero-order valence-electron chi connectivity index (χ0n) is 29.9. The molecule has 0 spiro atoms. The van der Waals surface area contributed by atoms with Crippen molar-refractivity contribution in [2.24, 2.45) is 0 Å². The lowest BCUT2D eigenvalue weighted by atomic mass is 10.0. The summed E-state index contributed by atoms with van der Waals surface area (Å²) in [6.07, 6.45) is 0. The Morgan fingerprint density at radius 1 is 0.429 bits per heavy atom. The quantitative estimate of drug-likeness (QED) is 0.177. The largest absolute Gasteiger partial charge is 0.455 e. The Kier molecular flexibility index (Phi) is 6.53. The van der Waals surface area contributed by atoms with Crippen LogP contribution in [0.25, 0.3) is 93.8 Å². The topological polar surface area (TPSA) is 60.2 Å². The summed E-state index contributed by atoms with van der Waals surface area (Å²) in [5.74, 6) is 0.568. The number of para-hydroxylation sites is 4. The van der Waals surface area contributed by atoms with Gasteiger partial charge in [0.05, 0.1) is 22.1 Å². The number of aromatic nitrogens is 3. The molecule has 0 aliphatic carbocycles. The Morgan fingerprint density at radius 3 is 1.79 bits per heavy atom. The highest BCUT2D eigenvalue weighted by molar-refractivity contribution is 6.27. The van der Waals surface area contributed by atoms with Crippen LogP contribution >= 0.6 is 0 Å². The zero-order chi connectivity index (χ0) is 36.7. The molecule has 12 aromatic rings. The molecule has 0 unspecified atom stereocenters. The lowest BCUT2D eigenvalue weighted by Crippen LogP contribution is -2.10. The van der Waals surface area contributed by atoms with Crippen molar-refractivity contribution in [1.82, 2.24) is 14.5 Å². The molecule has 0 aliphatic heterocycles. The normalized spacial score (nSPS) is 11.9. The molecule has 4 aromatic heterocycles. The molecule has 0 radical (unpaired) electrons. The molecule has 12 rings (SSSR count). The van der Waals surface area contributed by atoms with E-state index in [0.717, 1.165) is 99.3 Å². The molecule has 6 nitrogen and oxygen atoms in total. The minimum Gasteiger partial charge on any atom is -0.455 e. The van der Waals surface area contributed by atoms with Crippen LogP contribution in [0.4, 0.5) is 17.1 Å². The van der Waals surface area contributed by atoms with E-state index in [2.05, 4.69) is 155 Å². The standard InChI is InChI=1S/C50H30N4O2/c1-4-16-31(17-5-1)45-49-46(38-25-13-15-27-43(38)55-49)52-50(51-45)54-40-26-14-12-24-37(40)44-41(54)29-28-36-39-30-42(34-22-10-11-23-35(34)47(39)56-48(36)44)53(32-18-6-2-7-19-32)33-20-8-3-9-21-33/h1-30H. The van der Waals surface area contributed by atoms with Crippen LogP contribution in [0, 0.1) is 0 Å². The molecular weight excluding hydrogens is 689 g/mol. The number of anilines is 3. The Bertz CT molecular complexity index is 3440. The highest BCUT2D eigenvalue weighted by atomic mass is 16.3. The average molecular weight is 719 g/mol. The van der Waals surface area contributed by atoms with Crippen LogP contribution in [0.3, 0.4) is 0 Å². The van der Waals surface area contributed by atoms with Crippen LogP contribution in [-0.4, -0.2) is 14.5 Å². The molecule has 4 heterocycles. The summed E-state index contributed by atoms with van der Waals surface area (Å²) in [5, 5.41) is 7.29. The molecular formula is C50H30N4O2.